The summed E-state index contributed by atoms with van der Waals surface area (Å²) >= 11 is 0. The third kappa shape index (κ3) is 2.58. The van der Waals surface area contributed by atoms with Crippen LogP contribution >= 0.6 is 0 Å². The molecule has 1 aliphatic carbocycles. The van der Waals surface area contributed by atoms with Gasteiger partial charge in [-0.2, -0.15) is 25.3 Å². The van der Waals surface area contributed by atoms with E-state index in [4.69, 9.17) is 10.5 Å². The number of aromatic amines is 1. The summed E-state index contributed by atoms with van der Waals surface area (Å²) in [6.45, 7) is 2.26. The van der Waals surface area contributed by atoms with Crippen LogP contribution in [0.15, 0.2) is 6.07 Å². The van der Waals surface area contributed by atoms with Crippen LogP contribution in [0, 0.1) is 6.92 Å². The molecule has 0 unspecified atom stereocenters. The molecule has 1 fully saturated rings. The Balaban J connectivity index is 1.55. The molecule has 3 aromatic heterocycles. The lowest BCUT2D eigenvalue weighted by Gasteiger charge is -2.07. The predicted octanol–water partition coefficient (Wildman–Crippen LogP) is 1.53. The van der Waals surface area contributed by atoms with E-state index >= 15 is 0 Å². The molecule has 0 aromatic carbocycles. The van der Waals surface area contributed by atoms with Gasteiger partial charge in [0.1, 0.15) is 18.1 Å². The van der Waals surface area contributed by atoms with Gasteiger partial charge in [0.25, 0.3) is 0 Å². The minimum atomic E-state index is 0.309. The molecule has 0 amide bonds. The highest BCUT2D eigenvalue weighted by Crippen LogP contribution is 2.29. The van der Waals surface area contributed by atoms with E-state index in [-0.39, 0.29) is 0 Å². The number of fused-ring (bicyclic) bond motifs is 1. The number of aryl methyl sites for hydroxylation is 1. The molecule has 0 aliphatic heterocycles. The Labute approximate surface area is 132 Å². The van der Waals surface area contributed by atoms with Gasteiger partial charge in [-0.3, -0.25) is 0 Å². The number of pyridine rings is 1. The first-order valence-corrected chi connectivity index (χ1v) is 7.73. The Kier molecular flexibility index (Phi) is 3.32. The number of anilines is 1. The summed E-state index contributed by atoms with van der Waals surface area (Å²) in [6, 6.07) is 2.06. The lowest BCUT2D eigenvalue weighted by Crippen LogP contribution is -2.09. The van der Waals surface area contributed by atoms with Gasteiger partial charge in [0.15, 0.2) is 11.3 Å². The molecular weight excluding hydrogens is 296 g/mol. The lowest BCUT2D eigenvalue weighted by molar-refractivity contribution is 0.299. The van der Waals surface area contributed by atoms with E-state index < -0.39 is 0 Å². The molecule has 0 atom stereocenters. The molecule has 1 saturated carbocycles. The van der Waals surface area contributed by atoms with E-state index in [2.05, 4.69) is 30.6 Å². The molecule has 1 aliphatic rings. The number of ether oxygens (including phenoxy) is 1. The topological polar surface area (TPSA) is 120 Å². The zero-order valence-corrected chi connectivity index (χ0v) is 12.9. The second kappa shape index (κ2) is 5.49. The van der Waals surface area contributed by atoms with Gasteiger partial charge in [0.2, 0.25) is 5.65 Å². The first kappa shape index (κ1) is 13.9. The van der Waals surface area contributed by atoms with Crippen LogP contribution in [-0.2, 0) is 6.61 Å². The van der Waals surface area contributed by atoms with Crippen molar-refractivity contribution in [3.8, 4) is 5.75 Å². The molecule has 3 heterocycles. The Morgan fingerprint density at radius 2 is 2.13 bits per heavy atom. The number of hydrogen-bond donors (Lipinski definition) is 2. The van der Waals surface area contributed by atoms with Crippen molar-refractivity contribution in [1.29, 1.82) is 0 Å². The van der Waals surface area contributed by atoms with Crippen molar-refractivity contribution in [2.45, 2.75) is 45.3 Å². The fraction of sp³-hybridized carbons (Fsp3) is 0.500. The fourth-order valence-corrected chi connectivity index (χ4v) is 2.94. The van der Waals surface area contributed by atoms with Crippen LogP contribution < -0.4 is 10.5 Å². The number of hydrogen-bond acceptors (Lipinski definition) is 7. The van der Waals surface area contributed by atoms with E-state index in [1.165, 1.54) is 12.8 Å². The maximum absolute atomic E-state index is 5.84. The van der Waals surface area contributed by atoms with Crippen LogP contribution in [0.4, 0.5) is 5.82 Å². The van der Waals surface area contributed by atoms with Gasteiger partial charge in [0, 0.05) is 6.07 Å². The van der Waals surface area contributed by atoms with Gasteiger partial charge in [0.05, 0.1) is 11.7 Å². The molecule has 4 rings (SSSR count). The monoisotopic (exact) mass is 314 g/mol. The zero-order chi connectivity index (χ0) is 15.8. The maximum Gasteiger partial charge on any atom is 0.207 e. The number of rotatable bonds is 4. The third-order valence-electron chi connectivity index (χ3n) is 4.19. The summed E-state index contributed by atoms with van der Waals surface area (Å²) in [5, 5.41) is 19.6. The summed E-state index contributed by atoms with van der Waals surface area (Å²) in [4.78, 5) is 5.93. The van der Waals surface area contributed by atoms with Crippen LogP contribution in [-0.4, -0.2) is 35.4 Å². The van der Waals surface area contributed by atoms with Crippen LogP contribution in [0.2, 0.25) is 0 Å². The van der Waals surface area contributed by atoms with Crippen LogP contribution in [0.1, 0.15) is 43.1 Å². The van der Waals surface area contributed by atoms with E-state index in [9.17, 15) is 0 Å². The fourth-order valence-electron chi connectivity index (χ4n) is 2.94. The number of H-pyrrole nitrogens is 1. The largest absolute Gasteiger partial charge is 0.485 e. The van der Waals surface area contributed by atoms with Crippen molar-refractivity contribution < 1.29 is 4.74 Å². The van der Waals surface area contributed by atoms with Crippen molar-refractivity contribution in [2.75, 3.05) is 5.73 Å². The van der Waals surface area contributed by atoms with Crippen molar-refractivity contribution in [3.63, 3.8) is 0 Å². The SMILES string of the molecule is Cc1nn(C2CCCC2)nc1COc1cc(N)nc2n[nH]nc12. The van der Waals surface area contributed by atoms with Crippen LogP contribution in [0.3, 0.4) is 0 Å². The van der Waals surface area contributed by atoms with Crippen molar-refractivity contribution in [1.82, 2.24) is 35.4 Å². The van der Waals surface area contributed by atoms with Gasteiger partial charge in [-0.15, -0.1) is 5.10 Å². The van der Waals surface area contributed by atoms with E-state index in [0.717, 1.165) is 24.2 Å². The quantitative estimate of drug-likeness (QED) is 0.749. The van der Waals surface area contributed by atoms with Gasteiger partial charge in [-0.25, -0.2) is 4.98 Å². The lowest BCUT2D eigenvalue weighted by atomic mass is 10.3. The second-order valence-corrected chi connectivity index (χ2v) is 5.82. The second-order valence-electron chi connectivity index (χ2n) is 5.82. The highest BCUT2D eigenvalue weighted by molar-refractivity contribution is 5.78. The van der Waals surface area contributed by atoms with Gasteiger partial charge < -0.3 is 10.5 Å². The molecular formula is C14H18N8O. The minimum absolute atomic E-state index is 0.309. The maximum atomic E-state index is 5.84. The summed E-state index contributed by atoms with van der Waals surface area (Å²) in [5.74, 6) is 0.879. The molecule has 120 valence electrons. The van der Waals surface area contributed by atoms with E-state index in [1.807, 2.05) is 11.7 Å². The average molecular weight is 314 g/mol. The number of aromatic nitrogens is 7. The molecule has 3 aromatic rings. The minimum Gasteiger partial charge on any atom is -0.485 e. The normalized spacial score (nSPS) is 15.5. The Hall–Kier alpha value is -2.71. The summed E-state index contributed by atoms with van der Waals surface area (Å²) in [5.41, 5.74) is 8.46. The van der Waals surface area contributed by atoms with Crippen LogP contribution in [0.25, 0.3) is 11.2 Å². The summed E-state index contributed by atoms with van der Waals surface area (Å²) in [6.07, 6.45) is 4.79. The molecule has 23 heavy (non-hydrogen) atoms. The summed E-state index contributed by atoms with van der Waals surface area (Å²) in [7, 11) is 0. The molecule has 3 N–H and O–H groups in total. The standard InChI is InChI=1S/C14H18N8O/c1-8-10(20-22(19-8)9-4-2-3-5-9)7-23-11-6-12(15)16-14-13(11)17-21-18-14/h6,9H,2-5,7H2,1H3,(H3,15,16,17,18,21). The van der Waals surface area contributed by atoms with Crippen molar-refractivity contribution >= 4 is 17.0 Å². The van der Waals surface area contributed by atoms with Crippen molar-refractivity contribution in [3.05, 3.63) is 17.5 Å². The Morgan fingerprint density at radius 3 is 2.96 bits per heavy atom. The van der Waals surface area contributed by atoms with Gasteiger partial charge >= 0.3 is 0 Å². The number of nitrogens with zero attached hydrogens (tertiary/aromatic N) is 6. The van der Waals surface area contributed by atoms with E-state index in [1.54, 1.807) is 6.07 Å². The molecule has 9 heteroatoms. The first-order chi connectivity index (χ1) is 11.2. The summed E-state index contributed by atoms with van der Waals surface area (Å²) < 4.78 is 5.84. The molecule has 0 spiro atoms. The van der Waals surface area contributed by atoms with Gasteiger partial charge in [-0.05, 0) is 19.8 Å². The molecule has 0 radical (unpaired) electrons. The van der Waals surface area contributed by atoms with E-state index in [0.29, 0.717) is 35.4 Å². The molecule has 0 bridgehead atoms. The zero-order valence-electron chi connectivity index (χ0n) is 12.9. The third-order valence-corrected chi connectivity index (χ3v) is 4.19. The number of nitrogens with one attached hydrogen (secondary N) is 1. The Morgan fingerprint density at radius 1 is 1.30 bits per heavy atom. The van der Waals surface area contributed by atoms with Gasteiger partial charge in [-0.1, -0.05) is 12.8 Å². The predicted molar refractivity (Wildman–Crippen MR) is 82.7 cm³/mol. The molecule has 9 nitrogen and oxygen atoms in total. The number of nitrogens with two attached hydrogens (primary N) is 1. The van der Waals surface area contributed by atoms with Crippen LogP contribution in [0.5, 0.6) is 5.75 Å². The number of nitrogen functional groups attached to an aromatic ring is 1. The highest BCUT2D eigenvalue weighted by Gasteiger charge is 2.20. The first-order valence-electron chi connectivity index (χ1n) is 7.73. The van der Waals surface area contributed by atoms with Crippen molar-refractivity contribution in [2.24, 2.45) is 0 Å². The highest BCUT2D eigenvalue weighted by atomic mass is 16.5. The molecule has 0 saturated heterocycles. The average Bonchev–Trinajstić information content (AvgIpc) is 3.24. The Bertz CT molecular complexity index is 833. The smallest absolute Gasteiger partial charge is 0.207 e.